The topological polar surface area (TPSA) is 21.3 Å². The quantitative estimate of drug-likeness (QED) is 0.889. The second-order valence-electron chi connectivity index (χ2n) is 5.97. The van der Waals surface area contributed by atoms with Crippen LogP contribution in [0.4, 0.5) is 0 Å². The van der Waals surface area contributed by atoms with Gasteiger partial charge in [0.15, 0.2) is 0 Å². The minimum atomic E-state index is 0.202. The van der Waals surface area contributed by atoms with Crippen LogP contribution in [0, 0.1) is 13.8 Å². The molecule has 2 aromatic rings. The number of aryl methyl sites for hydroxylation is 2. The maximum absolute atomic E-state index is 5.92. The van der Waals surface area contributed by atoms with Crippen LogP contribution >= 0.6 is 0 Å². The summed E-state index contributed by atoms with van der Waals surface area (Å²) in [4.78, 5) is 0. The van der Waals surface area contributed by atoms with Crippen LogP contribution in [0.25, 0.3) is 0 Å². The molecule has 1 fully saturated rings. The summed E-state index contributed by atoms with van der Waals surface area (Å²) in [6.07, 6.45) is 2.82. The molecule has 1 atom stereocenters. The summed E-state index contributed by atoms with van der Waals surface area (Å²) in [5, 5.41) is 3.44. The van der Waals surface area contributed by atoms with E-state index >= 15 is 0 Å². The van der Waals surface area contributed by atoms with E-state index in [1.165, 1.54) is 35.1 Å². The lowest BCUT2D eigenvalue weighted by Gasteiger charge is -2.20. The van der Waals surface area contributed by atoms with Gasteiger partial charge >= 0.3 is 0 Å². The summed E-state index contributed by atoms with van der Waals surface area (Å²) in [6.45, 7) is 4.31. The molecular formula is C19H23NO. The van der Waals surface area contributed by atoms with E-state index in [1.807, 2.05) is 7.05 Å². The van der Waals surface area contributed by atoms with Crippen molar-refractivity contribution in [3.05, 3.63) is 64.7 Å². The van der Waals surface area contributed by atoms with Gasteiger partial charge in [0, 0.05) is 0 Å². The average Bonchev–Trinajstić information content (AvgIpc) is 3.26. The van der Waals surface area contributed by atoms with Gasteiger partial charge in [0.2, 0.25) is 0 Å². The standard InChI is InChI=1S/C19H23NO/c1-13-7-10-18(14(2)11-13)19(20-3)15-5-4-6-17(12-15)21-16-8-9-16/h4-7,10-12,16,19-20H,8-9H2,1-3H3. The highest BCUT2D eigenvalue weighted by atomic mass is 16.5. The van der Waals surface area contributed by atoms with Crippen molar-refractivity contribution in [2.45, 2.75) is 38.8 Å². The molecule has 2 aromatic carbocycles. The van der Waals surface area contributed by atoms with Gasteiger partial charge in [-0.05, 0) is 62.6 Å². The van der Waals surface area contributed by atoms with Crippen molar-refractivity contribution < 1.29 is 4.74 Å². The number of hydrogen-bond donors (Lipinski definition) is 1. The molecule has 0 spiro atoms. The first kappa shape index (κ1) is 14.2. The minimum absolute atomic E-state index is 0.202. The van der Waals surface area contributed by atoms with Crippen LogP contribution in [-0.2, 0) is 0 Å². The van der Waals surface area contributed by atoms with Crippen LogP contribution in [0.2, 0.25) is 0 Å². The zero-order valence-corrected chi connectivity index (χ0v) is 13.0. The Morgan fingerprint density at radius 1 is 1.10 bits per heavy atom. The minimum Gasteiger partial charge on any atom is -0.490 e. The van der Waals surface area contributed by atoms with E-state index in [9.17, 15) is 0 Å². The van der Waals surface area contributed by atoms with Gasteiger partial charge < -0.3 is 10.1 Å². The third-order valence-corrected chi connectivity index (χ3v) is 4.04. The normalized spacial score (nSPS) is 15.8. The van der Waals surface area contributed by atoms with E-state index in [0.29, 0.717) is 6.10 Å². The fourth-order valence-corrected chi connectivity index (χ4v) is 2.80. The number of nitrogens with one attached hydrogen (secondary N) is 1. The molecule has 1 N–H and O–H groups in total. The summed E-state index contributed by atoms with van der Waals surface area (Å²) >= 11 is 0. The molecule has 0 saturated heterocycles. The molecule has 0 amide bonds. The number of benzene rings is 2. The monoisotopic (exact) mass is 281 g/mol. The van der Waals surface area contributed by atoms with E-state index in [2.05, 4.69) is 61.6 Å². The summed E-state index contributed by atoms with van der Waals surface area (Å²) in [6, 6.07) is 15.3. The van der Waals surface area contributed by atoms with E-state index in [-0.39, 0.29) is 6.04 Å². The molecule has 0 aliphatic heterocycles. The Labute approximate surface area is 127 Å². The van der Waals surface area contributed by atoms with Crippen molar-refractivity contribution in [3.63, 3.8) is 0 Å². The van der Waals surface area contributed by atoms with Crippen molar-refractivity contribution in [1.29, 1.82) is 0 Å². The van der Waals surface area contributed by atoms with Crippen LogP contribution in [0.5, 0.6) is 5.75 Å². The Morgan fingerprint density at radius 3 is 2.57 bits per heavy atom. The highest BCUT2D eigenvalue weighted by molar-refractivity contribution is 5.41. The number of rotatable bonds is 5. The van der Waals surface area contributed by atoms with Crippen molar-refractivity contribution in [2.75, 3.05) is 7.05 Å². The fraction of sp³-hybridized carbons (Fsp3) is 0.368. The highest BCUT2D eigenvalue weighted by Crippen LogP contribution is 2.31. The Balaban J connectivity index is 1.91. The smallest absolute Gasteiger partial charge is 0.120 e. The largest absolute Gasteiger partial charge is 0.490 e. The Bertz CT molecular complexity index is 631. The molecule has 1 aliphatic carbocycles. The summed E-state index contributed by atoms with van der Waals surface area (Å²) in [5.41, 5.74) is 5.20. The number of ether oxygens (including phenoxy) is 1. The third-order valence-electron chi connectivity index (χ3n) is 4.04. The fourth-order valence-electron chi connectivity index (χ4n) is 2.80. The predicted molar refractivity (Wildman–Crippen MR) is 86.9 cm³/mol. The summed E-state index contributed by atoms with van der Waals surface area (Å²) < 4.78 is 5.92. The molecule has 3 rings (SSSR count). The van der Waals surface area contributed by atoms with Crippen molar-refractivity contribution in [2.24, 2.45) is 0 Å². The van der Waals surface area contributed by atoms with E-state index in [0.717, 1.165) is 5.75 Å². The van der Waals surface area contributed by atoms with Crippen molar-refractivity contribution in [1.82, 2.24) is 5.32 Å². The van der Waals surface area contributed by atoms with E-state index < -0.39 is 0 Å². The summed E-state index contributed by atoms with van der Waals surface area (Å²) in [5.74, 6) is 0.986. The zero-order valence-electron chi connectivity index (χ0n) is 13.0. The van der Waals surface area contributed by atoms with Crippen molar-refractivity contribution >= 4 is 0 Å². The molecule has 21 heavy (non-hydrogen) atoms. The average molecular weight is 281 g/mol. The van der Waals surface area contributed by atoms with Crippen LogP contribution in [0.1, 0.15) is 41.1 Å². The first-order chi connectivity index (χ1) is 10.2. The molecule has 2 heteroatoms. The molecule has 0 heterocycles. The lowest BCUT2D eigenvalue weighted by molar-refractivity contribution is 0.302. The molecule has 110 valence electrons. The van der Waals surface area contributed by atoms with Gasteiger partial charge in [0.1, 0.15) is 5.75 Å². The van der Waals surface area contributed by atoms with Crippen LogP contribution < -0.4 is 10.1 Å². The van der Waals surface area contributed by atoms with Gasteiger partial charge in [0.25, 0.3) is 0 Å². The number of hydrogen-bond acceptors (Lipinski definition) is 2. The second kappa shape index (κ2) is 5.90. The van der Waals surface area contributed by atoms with Gasteiger partial charge in [-0.25, -0.2) is 0 Å². The van der Waals surface area contributed by atoms with Gasteiger partial charge in [-0.1, -0.05) is 35.9 Å². The third kappa shape index (κ3) is 3.27. The predicted octanol–water partition coefficient (Wildman–Crippen LogP) is 4.15. The molecule has 1 aliphatic rings. The molecular weight excluding hydrogens is 258 g/mol. The lowest BCUT2D eigenvalue weighted by Crippen LogP contribution is -2.18. The van der Waals surface area contributed by atoms with Gasteiger partial charge in [-0.2, -0.15) is 0 Å². The van der Waals surface area contributed by atoms with Gasteiger partial charge in [-0.15, -0.1) is 0 Å². The van der Waals surface area contributed by atoms with Gasteiger partial charge in [0.05, 0.1) is 12.1 Å². The Kier molecular flexibility index (Phi) is 3.98. The van der Waals surface area contributed by atoms with Crippen LogP contribution in [0.15, 0.2) is 42.5 Å². The maximum Gasteiger partial charge on any atom is 0.120 e. The Hall–Kier alpha value is -1.80. The Morgan fingerprint density at radius 2 is 1.90 bits per heavy atom. The zero-order chi connectivity index (χ0) is 14.8. The van der Waals surface area contributed by atoms with Crippen LogP contribution in [-0.4, -0.2) is 13.2 Å². The lowest BCUT2D eigenvalue weighted by atomic mass is 9.94. The molecule has 0 bridgehead atoms. The molecule has 2 nitrogen and oxygen atoms in total. The van der Waals surface area contributed by atoms with Gasteiger partial charge in [-0.3, -0.25) is 0 Å². The summed E-state index contributed by atoms with van der Waals surface area (Å²) in [7, 11) is 2.01. The molecule has 1 unspecified atom stereocenters. The van der Waals surface area contributed by atoms with E-state index in [4.69, 9.17) is 4.74 Å². The first-order valence-electron chi connectivity index (χ1n) is 7.68. The second-order valence-corrected chi connectivity index (χ2v) is 5.97. The van der Waals surface area contributed by atoms with E-state index in [1.54, 1.807) is 0 Å². The highest BCUT2D eigenvalue weighted by Gasteiger charge is 2.24. The SMILES string of the molecule is CNC(c1cccc(OC2CC2)c1)c1ccc(C)cc1C. The maximum atomic E-state index is 5.92. The first-order valence-corrected chi connectivity index (χ1v) is 7.68. The molecule has 1 saturated carbocycles. The molecule has 0 radical (unpaired) electrons. The van der Waals surface area contributed by atoms with Crippen LogP contribution in [0.3, 0.4) is 0 Å². The van der Waals surface area contributed by atoms with Crippen molar-refractivity contribution in [3.8, 4) is 5.75 Å². The molecule has 0 aromatic heterocycles.